The van der Waals surface area contributed by atoms with Crippen LogP contribution in [0.25, 0.3) is 0 Å². The number of carboxylic acids is 5. The zero-order chi connectivity index (χ0) is 79.6. The van der Waals surface area contributed by atoms with Crippen molar-refractivity contribution < 1.29 is 142 Å². The molecule has 7 N–H and O–H groups in total. The summed E-state index contributed by atoms with van der Waals surface area (Å²) in [4.78, 5) is 70.0. The predicted molar refractivity (Wildman–Crippen MR) is 503 cm³/mol. The fourth-order valence-electron chi connectivity index (χ4n) is 18.5. The number of aliphatic carboxylic acids is 5. The summed E-state index contributed by atoms with van der Waals surface area (Å²) in [6, 6.07) is 0. The Morgan fingerprint density at radius 3 is 0.959 bits per heavy atom. The summed E-state index contributed by atoms with van der Waals surface area (Å²) < 4.78 is 20.5. The Morgan fingerprint density at radius 1 is 0.336 bits per heavy atom. The third kappa shape index (κ3) is 86.0. The largest absolute Gasteiger partial charge is 2.00 e. The van der Waals surface area contributed by atoms with E-state index in [1.807, 2.05) is 0 Å². The number of likely N-dealkylation sites (N-methyl/N-ethyl adjacent to an activating group) is 2. The molecular formula is C96H189Fe4N5O15S2. The van der Waals surface area contributed by atoms with E-state index in [4.69, 9.17) is 44.5 Å². The van der Waals surface area contributed by atoms with Crippen molar-refractivity contribution in [2.45, 2.75) is 334 Å². The van der Waals surface area contributed by atoms with Gasteiger partial charge in [0, 0.05) is 52.1 Å². The summed E-state index contributed by atoms with van der Waals surface area (Å²) in [5, 5.41) is 48.6. The monoisotopic (exact) mass is 1940 g/mol. The van der Waals surface area contributed by atoms with Gasteiger partial charge < -0.3 is 129 Å². The van der Waals surface area contributed by atoms with Gasteiger partial charge >= 0.3 is 98.1 Å². The van der Waals surface area contributed by atoms with E-state index in [9.17, 15) is 28.8 Å². The Labute approximate surface area is 802 Å². The molecule has 0 aliphatic heterocycles. The minimum atomic E-state index is -0.939. The molecule has 12 rings (SSSR count). The van der Waals surface area contributed by atoms with Gasteiger partial charge in [0.05, 0.1) is 45.4 Å². The van der Waals surface area contributed by atoms with E-state index in [1.54, 1.807) is 0 Å². The first-order chi connectivity index (χ1) is 53.4. The molecule has 0 aromatic carbocycles. The molecule has 0 heterocycles. The fraction of sp³-hybridized carbons (Fsp3) is 0.854. The maximum Gasteiger partial charge on any atom is 2.00 e. The number of ether oxygens (including phenoxy) is 4. The summed E-state index contributed by atoms with van der Waals surface area (Å²) >= 11 is 0. The van der Waals surface area contributed by atoms with Crippen molar-refractivity contribution in [2.24, 2.45) is 46.8 Å². The number of carbonyl (C=O) groups excluding carboxylic acids is 1. The van der Waals surface area contributed by atoms with E-state index in [1.165, 1.54) is 324 Å². The second kappa shape index (κ2) is 97.8. The van der Waals surface area contributed by atoms with Crippen LogP contribution >= 0.6 is 21.6 Å². The second-order valence-corrected chi connectivity index (χ2v) is 36.9. The van der Waals surface area contributed by atoms with Crippen LogP contribution in [-0.2, 0) is 116 Å². The number of carboxylic acid groups (broad SMARTS) is 5. The van der Waals surface area contributed by atoms with E-state index in [0.29, 0.717) is 63.7 Å². The number of amides is 1. The van der Waals surface area contributed by atoms with Crippen molar-refractivity contribution in [1.29, 1.82) is 0 Å². The third-order valence-corrected chi connectivity index (χ3v) is 26.1. The molecule has 26 heteroatoms. The van der Waals surface area contributed by atoms with Gasteiger partial charge in [0.15, 0.2) is 0 Å². The maximum atomic E-state index is 11.7. The number of hydrogen-bond acceptors (Lipinski definition) is 16. The van der Waals surface area contributed by atoms with Crippen molar-refractivity contribution in [3.8, 4) is 0 Å². The summed E-state index contributed by atoms with van der Waals surface area (Å²) in [6.45, 7) is 12.0. The van der Waals surface area contributed by atoms with Gasteiger partial charge in [0.25, 0.3) is 0 Å². The number of nitrogens with zero attached hydrogens (tertiary/aromatic N) is 3. The Kier molecular flexibility index (Phi) is 114. The molecule has 12 aliphatic carbocycles. The van der Waals surface area contributed by atoms with E-state index >= 15 is 0 Å². The molecule has 0 spiro atoms. The van der Waals surface area contributed by atoms with Crippen LogP contribution in [0.3, 0.4) is 0 Å². The van der Waals surface area contributed by atoms with Gasteiger partial charge in [-0.1, -0.05) is 214 Å². The number of hydrogen-bond donors (Lipinski definition) is 7. The first kappa shape index (κ1) is 142. The van der Waals surface area contributed by atoms with Gasteiger partial charge in [0.1, 0.15) is 19.0 Å². The quantitative estimate of drug-likeness (QED) is 0.0129. The predicted octanol–water partition coefficient (Wildman–Crippen LogP) is 22.6. The molecule has 4 bridgehead atoms. The minimum absolute atomic E-state index is 0. The third-order valence-electron chi connectivity index (χ3n) is 24.0. The summed E-state index contributed by atoms with van der Waals surface area (Å²) in [6.07, 6.45) is 70.0. The molecule has 1 amide bonds. The number of carbonyl (C=O) groups is 6. The van der Waals surface area contributed by atoms with Crippen molar-refractivity contribution in [3.63, 3.8) is 0 Å². The first-order valence-electron chi connectivity index (χ1n) is 45.1. The van der Waals surface area contributed by atoms with Crippen LogP contribution in [0, 0.1) is 106 Å². The Bertz CT molecular complexity index is 2100. The minimum Gasteiger partial charge on any atom is -0.481 e. The van der Waals surface area contributed by atoms with Gasteiger partial charge in [-0.15, -0.1) is 0 Å². The molecule has 12 saturated carbocycles. The van der Waals surface area contributed by atoms with Crippen LogP contribution in [0.2, 0.25) is 0 Å². The van der Waals surface area contributed by atoms with E-state index in [-0.39, 0.29) is 153 Å². The first-order valence-corrected chi connectivity index (χ1v) is 47.5. The molecule has 122 heavy (non-hydrogen) atoms. The number of unbranched alkanes of at least 4 members (excludes halogenated alkanes) is 4. The zero-order valence-corrected chi connectivity index (χ0v) is 85.7. The van der Waals surface area contributed by atoms with Gasteiger partial charge in [-0.3, -0.25) is 19.2 Å². The maximum absolute atomic E-state index is 11.7. The number of rotatable bonds is 45. The van der Waals surface area contributed by atoms with E-state index in [0.717, 1.165) is 119 Å². The SMILES string of the molecule is C1CCCC1.C1CCCC1.C1CCCC1.C1CCCC1.CN(CCCCCC(=O)O)CC1CCCC1.CN(CCOCCOCC(=O)O)CC1CCCC1.CN(CCOCCOCC(=O)O)CC1CCCC1.O=C(O)CCCCCNCC1CCCC1.O=C(O)CSSCC(=O)NCCCC12CC3CC(CC(C3)C1)C2.[CH3-].[CH3-].[CH3-].[CH3-].[CH3-].[CH3-].[CH3-].[CH3-].[Fe+2].[Fe+2].[Fe+2].[Fe+2]. The van der Waals surface area contributed by atoms with E-state index in [2.05, 4.69) is 46.5 Å². The van der Waals surface area contributed by atoms with Crippen LogP contribution in [0.15, 0.2) is 0 Å². The van der Waals surface area contributed by atoms with Crippen molar-refractivity contribution in [3.05, 3.63) is 59.4 Å². The Balaban J connectivity index is -0.000000149. The zero-order valence-electron chi connectivity index (χ0n) is 79.6. The molecule has 20 nitrogen and oxygen atoms in total. The number of nitrogens with one attached hydrogen (secondary N) is 2. The van der Waals surface area contributed by atoms with Gasteiger partial charge in [-0.2, -0.15) is 0 Å². The van der Waals surface area contributed by atoms with Crippen molar-refractivity contribution in [2.75, 3.05) is 144 Å². The Hall–Kier alpha value is -0.722. The normalized spacial score (nSPS) is 19.7. The van der Waals surface area contributed by atoms with Gasteiger partial charge in [0.2, 0.25) is 5.91 Å². The van der Waals surface area contributed by atoms with E-state index < -0.39 is 29.8 Å². The molecular weight excluding hydrogens is 1750 g/mol. The molecule has 0 saturated heterocycles. The average Bonchev–Trinajstić information content (AvgIpc) is 1.19. The fourth-order valence-corrected chi connectivity index (χ4v) is 20.1. The second-order valence-electron chi connectivity index (χ2n) is 34.5. The molecule has 0 aromatic rings. The molecule has 12 fully saturated rings. The van der Waals surface area contributed by atoms with Crippen molar-refractivity contribution >= 4 is 57.3 Å². The van der Waals surface area contributed by atoms with Crippen LogP contribution in [0.4, 0.5) is 0 Å². The molecule has 0 aromatic heterocycles. The molecule has 0 radical (unpaired) electrons. The molecule has 0 unspecified atom stereocenters. The molecule has 732 valence electrons. The standard InChI is InChI=1S/C17H27NO3S2.2C13H25NO4.C13H25NO2.C12H23NO2.4C5H10.8CH3.4Fe/c19-15(10-22-23-11-16(20)21)18-3-1-2-17-7-12-4-13(8-17)6-14(5-12)9-17;2*1-14(10-12-4-2-3-5-12)6-7-17-8-9-18-11-13(15)16;1-14(11-12-7-4-5-8-12)10-6-2-3-9-13(15)16;14-12(15)8-2-1-5-9-13-10-11-6-3-4-7-11;4*1-2-4-5-3-1;;;;;;;;;;;;/h12-14H,1-11H2,(H,18,19)(H,20,21);2*12H,2-11H2,1H3,(H,15,16);12H,2-11H2,1H3,(H,15,16);11,13H,1-10H2,(H,14,15);4*1-5H2;8*1H3;;;;/q;;;;;;;;;8*-1;4*+2. The topological polar surface area (TPSA) is 274 Å². The molecule has 12 aliphatic rings. The average molecular weight is 1940 g/mol. The van der Waals surface area contributed by atoms with Crippen molar-refractivity contribution in [1.82, 2.24) is 25.3 Å². The van der Waals surface area contributed by atoms with Crippen LogP contribution in [0.1, 0.15) is 334 Å². The van der Waals surface area contributed by atoms with Gasteiger partial charge in [-0.25, -0.2) is 9.59 Å². The van der Waals surface area contributed by atoms with Gasteiger partial charge in [-0.05, 0) is 216 Å². The summed E-state index contributed by atoms with van der Waals surface area (Å²) in [7, 11) is 8.99. The summed E-state index contributed by atoms with van der Waals surface area (Å²) in [5.41, 5.74) is 0.603. The van der Waals surface area contributed by atoms with Crippen LogP contribution in [0.5, 0.6) is 0 Å². The Morgan fingerprint density at radius 2 is 0.639 bits per heavy atom. The summed E-state index contributed by atoms with van der Waals surface area (Å²) in [5.74, 6) is 2.92. The smallest absolute Gasteiger partial charge is 0.481 e. The molecule has 0 atom stereocenters. The van der Waals surface area contributed by atoms with Crippen LogP contribution in [-0.4, -0.2) is 220 Å². The van der Waals surface area contributed by atoms with Crippen LogP contribution < -0.4 is 10.6 Å².